The molecule has 3 N–H and O–H groups in total. The molecule has 2 aromatic carbocycles. The monoisotopic (exact) mass is 397 g/mol. The van der Waals surface area contributed by atoms with Gasteiger partial charge in [0.05, 0.1) is 18.8 Å². The van der Waals surface area contributed by atoms with Crippen LogP contribution in [0.15, 0.2) is 48.5 Å². The summed E-state index contributed by atoms with van der Waals surface area (Å²) >= 11 is 5.85. The van der Waals surface area contributed by atoms with E-state index in [9.17, 15) is 18.0 Å². The molecule has 0 aromatic heterocycles. The standard InChI is InChI=1S/C18H15ClF3N3O2/c1-27-12-5-6-13-14(8-12)15(23-18(20,21)22)9-16(13)24-25-17(26)10-3-2-4-11(19)7-10/h2-9,15,23-24H,1H3,(H,25,26)/t15-/m0/s1. The molecule has 0 bridgehead atoms. The van der Waals surface area contributed by atoms with Gasteiger partial charge >= 0.3 is 6.30 Å². The summed E-state index contributed by atoms with van der Waals surface area (Å²) in [5.74, 6) is -0.0407. The molecule has 0 aliphatic heterocycles. The Bertz CT molecular complexity index is 900. The minimum atomic E-state index is -4.57. The van der Waals surface area contributed by atoms with Gasteiger partial charge in [-0.3, -0.25) is 15.6 Å². The Morgan fingerprint density at radius 1 is 1.19 bits per heavy atom. The molecular formula is C18H15ClF3N3O2. The Morgan fingerprint density at radius 2 is 1.96 bits per heavy atom. The number of fused-ring (bicyclic) bond motifs is 1. The molecule has 0 saturated carbocycles. The summed E-state index contributed by atoms with van der Waals surface area (Å²) in [5.41, 5.74) is 6.69. The Balaban J connectivity index is 1.80. The fourth-order valence-electron chi connectivity index (χ4n) is 2.75. The fourth-order valence-corrected chi connectivity index (χ4v) is 2.94. The first kappa shape index (κ1) is 19.1. The highest BCUT2D eigenvalue weighted by Gasteiger charge is 2.35. The van der Waals surface area contributed by atoms with Crippen LogP contribution >= 0.6 is 11.6 Å². The van der Waals surface area contributed by atoms with E-state index in [4.69, 9.17) is 16.3 Å². The van der Waals surface area contributed by atoms with E-state index in [1.807, 2.05) is 0 Å². The van der Waals surface area contributed by atoms with Crippen LogP contribution in [0.5, 0.6) is 5.75 Å². The molecule has 5 nitrogen and oxygen atoms in total. The summed E-state index contributed by atoms with van der Waals surface area (Å²) < 4.78 is 43.5. The summed E-state index contributed by atoms with van der Waals surface area (Å²) in [6, 6.07) is 9.95. The van der Waals surface area contributed by atoms with E-state index in [0.29, 0.717) is 33.2 Å². The number of hydrazine groups is 1. The number of carbonyl (C=O) groups is 1. The minimum Gasteiger partial charge on any atom is -0.497 e. The molecule has 2 aromatic rings. The Hall–Kier alpha value is -2.71. The van der Waals surface area contributed by atoms with Gasteiger partial charge in [0.2, 0.25) is 0 Å². The predicted molar refractivity (Wildman–Crippen MR) is 95.0 cm³/mol. The fraction of sp³-hybridized carbons (Fsp3) is 0.167. The molecule has 0 unspecified atom stereocenters. The number of methoxy groups -OCH3 is 1. The Kier molecular flexibility index (Phi) is 5.29. The van der Waals surface area contributed by atoms with E-state index in [1.54, 1.807) is 35.6 Å². The van der Waals surface area contributed by atoms with Gasteiger partial charge in [-0.25, -0.2) is 5.32 Å². The van der Waals surface area contributed by atoms with Crippen LogP contribution in [0.4, 0.5) is 13.2 Å². The SMILES string of the molecule is COc1ccc2c(c1)[C@@H](NC(F)(F)F)C=C2NNC(=O)c1cccc(Cl)c1. The number of hydrogen-bond donors (Lipinski definition) is 3. The maximum atomic E-state index is 12.8. The summed E-state index contributed by atoms with van der Waals surface area (Å²) in [7, 11) is 1.43. The lowest BCUT2D eigenvalue weighted by Crippen LogP contribution is -2.36. The molecule has 9 heteroatoms. The van der Waals surface area contributed by atoms with Crippen LogP contribution in [0, 0.1) is 0 Å². The van der Waals surface area contributed by atoms with Gasteiger partial charge in [-0.05, 0) is 48.0 Å². The van der Waals surface area contributed by atoms with Gasteiger partial charge < -0.3 is 4.74 Å². The first-order valence-corrected chi connectivity index (χ1v) is 8.21. The van der Waals surface area contributed by atoms with Crippen LogP contribution in [0.3, 0.4) is 0 Å². The van der Waals surface area contributed by atoms with Crippen molar-refractivity contribution in [1.29, 1.82) is 0 Å². The van der Waals surface area contributed by atoms with Gasteiger partial charge in [0.15, 0.2) is 0 Å². The highest BCUT2D eigenvalue weighted by atomic mass is 35.5. The van der Waals surface area contributed by atoms with Crippen LogP contribution < -0.4 is 20.9 Å². The third-order valence-electron chi connectivity index (χ3n) is 3.93. The van der Waals surface area contributed by atoms with Crippen LogP contribution in [-0.2, 0) is 0 Å². The third-order valence-corrected chi connectivity index (χ3v) is 4.17. The van der Waals surface area contributed by atoms with Gasteiger partial charge in [-0.15, -0.1) is 0 Å². The second kappa shape index (κ2) is 7.50. The van der Waals surface area contributed by atoms with Crippen molar-refractivity contribution in [3.8, 4) is 5.75 Å². The van der Waals surface area contributed by atoms with E-state index in [-0.39, 0.29) is 0 Å². The summed E-state index contributed by atoms with van der Waals surface area (Å²) in [5, 5.41) is 1.98. The van der Waals surface area contributed by atoms with Gasteiger partial charge in [0.25, 0.3) is 5.91 Å². The van der Waals surface area contributed by atoms with E-state index < -0.39 is 18.2 Å². The van der Waals surface area contributed by atoms with Gasteiger partial charge in [-0.2, -0.15) is 13.2 Å². The van der Waals surface area contributed by atoms with E-state index >= 15 is 0 Å². The van der Waals surface area contributed by atoms with Gasteiger partial charge in [0, 0.05) is 16.1 Å². The molecule has 1 aliphatic rings. The lowest BCUT2D eigenvalue weighted by molar-refractivity contribution is -0.161. The van der Waals surface area contributed by atoms with E-state index in [0.717, 1.165) is 0 Å². The number of carbonyl (C=O) groups excluding carboxylic acids is 1. The highest BCUT2D eigenvalue weighted by Crippen LogP contribution is 2.36. The van der Waals surface area contributed by atoms with Crippen molar-refractivity contribution < 1.29 is 22.7 Å². The quantitative estimate of drug-likeness (QED) is 0.530. The van der Waals surface area contributed by atoms with Gasteiger partial charge in [-0.1, -0.05) is 17.7 Å². The van der Waals surface area contributed by atoms with Crippen LogP contribution in [-0.4, -0.2) is 19.3 Å². The molecule has 3 rings (SSSR count). The van der Waals surface area contributed by atoms with Crippen LogP contribution in [0.1, 0.15) is 27.5 Å². The number of alkyl halides is 3. The number of rotatable bonds is 5. The average Bonchev–Trinajstić information content (AvgIpc) is 2.94. The van der Waals surface area contributed by atoms with Crippen molar-refractivity contribution in [2.24, 2.45) is 0 Å². The summed E-state index contributed by atoms with van der Waals surface area (Å²) in [6.07, 6.45) is -3.23. The zero-order valence-corrected chi connectivity index (χ0v) is 14.8. The molecule has 0 heterocycles. The van der Waals surface area contributed by atoms with Gasteiger partial charge in [0.1, 0.15) is 5.75 Å². The molecule has 1 amide bonds. The maximum Gasteiger partial charge on any atom is 0.458 e. The lowest BCUT2D eigenvalue weighted by Gasteiger charge is -2.16. The lowest BCUT2D eigenvalue weighted by atomic mass is 10.1. The molecule has 27 heavy (non-hydrogen) atoms. The molecular weight excluding hydrogens is 383 g/mol. The Morgan fingerprint density at radius 3 is 2.63 bits per heavy atom. The van der Waals surface area contributed by atoms with Crippen LogP contribution in [0.2, 0.25) is 5.02 Å². The second-order valence-corrected chi connectivity index (χ2v) is 6.18. The van der Waals surface area contributed by atoms with Crippen molar-refractivity contribution in [3.63, 3.8) is 0 Å². The zero-order chi connectivity index (χ0) is 19.6. The van der Waals surface area contributed by atoms with Crippen molar-refractivity contribution in [2.45, 2.75) is 12.3 Å². The molecule has 142 valence electrons. The number of ether oxygens (including phenoxy) is 1. The largest absolute Gasteiger partial charge is 0.497 e. The maximum absolute atomic E-state index is 12.8. The first-order valence-electron chi connectivity index (χ1n) is 7.83. The van der Waals surface area contributed by atoms with Crippen molar-refractivity contribution in [1.82, 2.24) is 16.2 Å². The van der Waals surface area contributed by atoms with Crippen molar-refractivity contribution >= 4 is 23.2 Å². The number of amides is 1. The Labute approximate surface area is 158 Å². The van der Waals surface area contributed by atoms with Crippen LogP contribution in [0.25, 0.3) is 5.70 Å². The normalized spacial score (nSPS) is 15.7. The van der Waals surface area contributed by atoms with Crippen molar-refractivity contribution in [2.75, 3.05) is 7.11 Å². The highest BCUT2D eigenvalue weighted by molar-refractivity contribution is 6.30. The minimum absolute atomic E-state index is 0.313. The van der Waals surface area contributed by atoms with E-state index in [1.165, 1.54) is 25.3 Å². The zero-order valence-electron chi connectivity index (χ0n) is 14.0. The number of halogens is 4. The molecule has 0 saturated heterocycles. The van der Waals surface area contributed by atoms with E-state index in [2.05, 4.69) is 10.9 Å². The summed E-state index contributed by atoms with van der Waals surface area (Å²) in [6.45, 7) is 0. The number of nitrogens with one attached hydrogen (secondary N) is 3. The number of benzene rings is 2. The topological polar surface area (TPSA) is 62.4 Å². The molecule has 1 aliphatic carbocycles. The third kappa shape index (κ3) is 4.53. The average molecular weight is 398 g/mol. The summed E-state index contributed by atoms with van der Waals surface area (Å²) in [4.78, 5) is 12.2. The number of hydrogen-bond acceptors (Lipinski definition) is 4. The molecule has 0 spiro atoms. The van der Waals surface area contributed by atoms with Crippen molar-refractivity contribution in [3.05, 3.63) is 70.3 Å². The molecule has 0 radical (unpaired) electrons. The second-order valence-electron chi connectivity index (χ2n) is 5.74. The smallest absolute Gasteiger partial charge is 0.458 e. The first-order chi connectivity index (χ1) is 12.8. The molecule has 0 fully saturated rings. The predicted octanol–water partition coefficient (Wildman–Crippen LogP) is 3.79. The molecule has 1 atom stereocenters.